The fourth-order valence-corrected chi connectivity index (χ4v) is 6.96. The topological polar surface area (TPSA) is 93.9 Å². The molecule has 1 aliphatic rings. The molecule has 0 heterocycles. The molecule has 0 unspecified atom stereocenters. The van der Waals surface area contributed by atoms with E-state index in [0.29, 0.717) is 49.7 Å². The monoisotopic (exact) mass is 751 g/mol. The molecule has 4 aromatic rings. The molecule has 4 aromatic carbocycles. The van der Waals surface area contributed by atoms with E-state index in [1.54, 1.807) is 24.3 Å². The number of rotatable bonds is 13. The maximum atomic E-state index is 13.1. The molecule has 1 saturated carbocycles. The van der Waals surface area contributed by atoms with Gasteiger partial charge < -0.3 is 20.5 Å². The van der Waals surface area contributed by atoms with Crippen molar-refractivity contribution in [2.24, 2.45) is 0 Å². The van der Waals surface area contributed by atoms with Gasteiger partial charge in [0.05, 0.1) is 33.4 Å². The Morgan fingerprint density at radius 2 is 1.52 bits per heavy atom. The molecule has 3 N–H and O–H groups in total. The Balaban J connectivity index is 1.13. The van der Waals surface area contributed by atoms with Crippen molar-refractivity contribution in [3.63, 3.8) is 0 Å². The number of carbonyl (C=O) groups is 2. The number of halogens is 3. The molecule has 1 fully saturated rings. The Kier molecular flexibility index (Phi) is 12.8. The lowest BCUT2D eigenvalue weighted by Gasteiger charge is -2.34. The van der Waals surface area contributed by atoms with Gasteiger partial charge >= 0.3 is 11.9 Å². The highest BCUT2D eigenvalue weighted by molar-refractivity contribution is 9.10. The maximum Gasteiger partial charge on any atom is 0.338 e. The zero-order chi connectivity index (χ0) is 34.0. The van der Waals surface area contributed by atoms with Crippen LogP contribution < -0.4 is 11.1 Å². The van der Waals surface area contributed by atoms with Gasteiger partial charge in [-0.2, -0.15) is 0 Å². The number of carbonyl (C=O) groups excluding carboxylic acids is 2. The zero-order valence-electron chi connectivity index (χ0n) is 26.9. The van der Waals surface area contributed by atoms with E-state index in [1.807, 2.05) is 54.6 Å². The third-order valence-corrected chi connectivity index (χ3v) is 9.97. The van der Waals surface area contributed by atoms with Crippen LogP contribution in [0.3, 0.4) is 0 Å². The molecule has 5 rings (SSSR count). The predicted octanol–water partition coefficient (Wildman–Crippen LogP) is 9.88. The minimum absolute atomic E-state index is 0.0688. The van der Waals surface area contributed by atoms with E-state index >= 15 is 0 Å². The normalized spacial score (nSPS) is 13.4. The molecule has 0 aromatic heterocycles. The van der Waals surface area contributed by atoms with Crippen LogP contribution >= 0.6 is 39.1 Å². The van der Waals surface area contributed by atoms with E-state index in [1.165, 1.54) is 32.1 Å². The first-order chi connectivity index (χ1) is 23.2. The van der Waals surface area contributed by atoms with Gasteiger partial charge in [0.1, 0.15) is 13.2 Å². The van der Waals surface area contributed by atoms with Crippen molar-refractivity contribution >= 4 is 68.1 Å². The van der Waals surface area contributed by atoms with Gasteiger partial charge in [-0.05, 0) is 87.9 Å². The van der Waals surface area contributed by atoms with Crippen molar-refractivity contribution in [2.75, 3.05) is 17.6 Å². The summed E-state index contributed by atoms with van der Waals surface area (Å²) in [5.41, 5.74) is 12.1. The summed E-state index contributed by atoms with van der Waals surface area (Å²) in [5.74, 6) is -0.787. The van der Waals surface area contributed by atoms with Gasteiger partial charge in [-0.15, -0.1) is 0 Å². The number of benzene rings is 4. The van der Waals surface area contributed by atoms with Gasteiger partial charge in [0.2, 0.25) is 0 Å². The summed E-state index contributed by atoms with van der Waals surface area (Å²) in [7, 11) is 0. The Morgan fingerprint density at radius 3 is 2.19 bits per heavy atom. The van der Waals surface area contributed by atoms with Gasteiger partial charge in [0.15, 0.2) is 0 Å². The predicted molar refractivity (Wildman–Crippen MR) is 197 cm³/mol. The zero-order valence-corrected chi connectivity index (χ0v) is 30.0. The number of ether oxygens (including phenoxy) is 2. The van der Waals surface area contributed by atoms with Crippen LogP contribution in [-0.4, -0.2) is 29.4 Å². The first kappa shape index (κ1) is 35.7. The summed E-state index contributed by atoms with van der Waals surface area (Å²) in [6.45, 7) is 4.02. The smallest absolute Gasteiger partial charge is 0.338 e. The van der Waals surface area contributed by atoms with Crippen molar-refractivity contribution in [3.8, 4) is 0 Å². The average Bonchev–Trinajstić information content (AvgIpc) is 3.10. The standard InChI is InChI=1S/C38H40BrCl2N3O4/c1-2-44(30-10-4-3-5-11-30)22-29-19-28(20-31(39)36(29)42)38(46)48-24-26-17-15-25(16-18-26)23-47-35(45)21-27-9-6-7-14-34(27)43-37-32(40)12-8-13-33(37)41/h6-9,12-20,30,43H,2-5,10-11,21-24,42H2,1H3. The SMILES string of the molecule is CCN(Cc1cc(C(=O)OCc2ccc(COC(=O)Cc3ccccc3Nc3c(Cl)cccc3Cl)cc2)cc(Br)c1N)C1CCCCC1. The molecule has 1 aliphatic carbocycles. The van der Waals surface area contributed by atoms with Crippen molar-refractivity contribution < 1.29 is 19.1 Å². The van der Waals surface area contributed by atoms with Gasteiger partial charge in [0, 0.05) is 22.7 Å². The van der Waals surface area contributed by atoms with Gasteiger partial charge in [-0.3, -0.25) is 9.69 Å². The summed E-state index contributed by atoms with van der Waals surface area (Å²) in [6.07, 6.45) is 6.29. The molecule has 0 saturated heterocycles. The van der Waals surface area contributed by atoms with Crippen LogP contribution in [0.25, 0.3) is 0 Å². The van der Waals surface area contributed by atoms with E-state index < -0.39 is 5.97 Å². The fraction of sp³-hybridized carbons (Fsp3) is 0.316. The molecule has 48 heavy (non-hydrogen) atoms. The molecule has 0 atom stereocenters. The number of nitrogen functional groups attached to an aromatic ring is 1. The lowest BCUT2D eigenvalue weighted by Crippen LogP contribution is -2.36. The summed E-state index contributed by atoms with van der Waals surface area (Å²) < 4.78 is 11.9. The lowest BCUT2D eigenvalue weighted by molar-refractivity contribution is -0.144. The Labute approximate surface area is 300 Å². The highest BCUT2D eigenvalue weighted by Crippen LogP contribution is 2.34. The minimum atomic E-state index is -0.415. The van der Waals surface area contributed by atoms with Crippen molar-refractivity contribution in [1.29, 1.82) is 0 Å². The first-order valence-electron chi connectivity index (χ1n) is 16.2. The van der Waals surface area contributed by atoms with Crippen molar-refractivity contribution in [3.05, 3.63) is 121 Å². The van der Waals surface area contributed by atoms with Gasteiger partial charge in [0.25, 0.3) is 0 Å². The van der Waals surface area contributed by atoms with Crippen LogP contribution in [0.1, 0.15) is 71.6 Å². The summed E-state index contributed by atoms with van der Waals surface area (Å²) in [6, 6.07) is 24.2. The molecule has 0 spiro atoms. The highest BCUT2D eigenvalue weighted by atomic mass is 79.9. The summed E-state index contributed by atoms with van der Waals surface area (Å²) in [4.78, 5) is 28.3. The highest BCUT2D eigenvalue weighted by Gasteiger charge is 2.22. The molecule has 0 amide bonds. The van der Waals surface area contributed by atoms with Crippen LogP contribution in [-0.2, 0) is 40.4 Å². The number of esters is 2. The van der Waals surface area contributed by atoms with Gasteiger partial charge in [-0.25, -0.2) is 4.79 Å². The van der Waals surface area contributed by atoms with E-state index in [-0.39, 0.29) is 25.6 Å². The lowest BCUT2D eigenvalue weighted by atomic mass is 9.93. The average molecular weight is 754 g/mol. The molecule has 7 nitrogen and oxygen atoms in total. The quantitative estimate of drug-likeness (QED) is 0.104. The van der Waals surface area contributed by atoms with Gasteiger partial charge in [-0.1, -0.05) is 97.9 Å². The molecule has 0 radical (unpaired) electrons. The minimum Gasteiger partial charge on any atom is -0.461 e. The number of anilines is 3. The van der Waals surface area contributed by atoms with Crippen LogP contribution in [0, 0.1) is 0 Å². The Bertz CT molecular complexity index is 1710. The Hall–Kier alpha value is -3.56. The van der Waals surface area contributed by atoms with E-state index in [0.717, 1.165) is 28.8 Å². The molecule has 0 bridgehead atoms. The molecular formula is C38H40BrCl2N3O4. The van der Waals surface area contributed by atoms with Crippen molar-refractivity contribution in [1.82, 2.24) is 4.90 Å². The maximum absolute atomic E-state index is 13.1. The largest absolute Gasteiger partial charge is 0.461 e. The van der Waals surface area contributed by atoms with E-state index in [2.05, 4.69) is 33.1 Å². The molecule has 0 aliphatic heterocycles. The van der Waals surface area contributed by atoms with E-state index in [9.17, 15) is 9.59 Å². The third kappa shape index (κ3) is 9.53. The second kappa shape index (κ2) is 17.2. The summed E-state index contributed by atoms with van der Waals surface area (Å²) >= 11 is 16.2. The van der Waals surface area contributed by atoms with Crippen LogP contribution in [0.5, 0.6) is 0 Å². The molecule has 252 valence electrons. The van der Waals surface area contributed by atoms with Crippen LogP contribution in [0.2, 0.25) is 10.0 Å². The number of nitrogens with two attached hydrogens (primary N) is 1. The number of hydrogen-bond acceptors (Lipinski definition) is 7. The Morgan fingerprint density at radius 1 is 0.875 bits per heavy atom. The first-order valence-corrected chi connectivity index (χ1v) is 17.8. The second-order valence-corrected chi connectivity index (χ2v) is 13.7. The molecule has 10 heteroatoms. The summed E-state index contributed by atoms with van der Waals surface area (Å²) in [5, 5.41) is 4.20. The second-order valence-electron chi connectivity index (χ2n) is 12.0. The van der Waals surface area contributed by atoms with E-state index in [4.69, 9.17) is 38.4 Å². The number of nitrogens with one attached hydrogen (secondary N) is 1. The van der Waals surface area contributed by atoms with Crippen molar-refractivity contribution in [2.45, 2.75) is 71.2 Å². The number of nitrogens with zero attached hydrogens (tertiary/aromatic N) is 1. The molecular weight excluding hydrogens is 713 g/mol. The third-order valence-electron chi connectivity index (χ3n) is 8.69. The van der Waals surface area contributed by atoms with Crippen LogP contribution in [0.4, 0.5) is 17.1 Å². The number of hydrogen-bond donors (Lipinski definition) is 2. The fourth-order valence-electron chi connectivity index (χ4n) is 5.97. The van der Waals surface area contributed by atoms with Crippen LogP contribution in [0.15, 0.2) is 83.3 Å². The number of para-hydroxylation sites is 2.